The molecule has 0 spiro atoms. The zero-order chi connectivity index (χ0) is 19.2. The number of morpholine rings is 1. The number of amides is 1. The van der Waals surface area contributed by atoms with Gasteiger partial charge in [0.2, 0.25) is 0 Å². The minimum Gasteiger partial charge on any atom is -0.379 e. The van der Waals surface area contributed by atoms with Gasteiger partial charge in [-0.2, -0.15) is 5.10 Å². The van der Waals surface area contributed by atoms with Crippen molar-refractivity contribution in [3.05, 3.63) is 41.8 Å². The summed E-state index contributed by atoms with van der Waals surface area (Å²) in [5.41, 5.74) is 1.79. The smallest absolute Gasteiger partial charge is 0.255 e. The molecular formula is C20H27FN4O2. The number of H-pyrrole nitrogens is 1. The number of rotatable bonds is 7. The van der Waals surface area contributed by atoms with Gasteiger partial charge in [-0.05, 0) is 36.6 Å². The maximum absolute atomic E-state index is 13.2. The molecule has 146 valence electrons. The van der Waals surface area contributed by atoms with Crippen LogP contribution in [0.5, 0.6) is 0 Å². The van der Waals surface area contributed by atoms with Crippen molar-refractivity contribution in [2.45, 2.75) is 26.3 Å². The Kier molecular flexibility index (Phi) is 6.58. The minimum atomic E-state index is -0.314. The van der Waals surface area contributed by atoms with Crippen molar-refractivity contribution in [3.8, 4) is 11.3 Å². The molecule has 0 aliphatic carbocycles. The van der Waals surface area contributed by atoms with Crippen molar-refractivity contribution in [1.29, 1.82) is 0 Å². The van der Waals surface area contributed by atoms with Crippen LogP contribution in [0.25, 0.3) is 11.3 Å². The van der Waals surface area contributed by atoms with Crippen LogP contribution in [0.15, 0.2) is 30.5 Å². The summed E-state index contributed by atoms with van der Waals surface area (Å²) in [6.45, 7) is 8.21. The Balaban J connectivity index is 1.67. The van der Waals surface area contributed by atoms with E-state index < -0.39 is 0 Å². The minimum absolute atomic E-state index is 0.176. The number of aromatic nitrogens is 2. The van der Waals surface area contributed by atoms with Gasteiger partial charge in [0, 0.05) is 31.2 Å². The molecule has 1 fully saturated rings. The third kappa shape index (κ3) is 5.14. The Hall–Kier alpha value is -2.25. The van der Waals surface area contributed by atoms with Gasteiger partial charge in [0.05, 0.1) is 30.7 Å². The first-order valence-electron chi connectivity index (χ1n) is 9.44. The van der Waals surface area contributed by atoms with Crippen molar-refractivity contribution in [2.24, 2.45) is 5.92 Å². The summed E-state index contributed by atoms with van der Waals surface area (Å²) in [5.74, 6) is 0.0508. The average molecular weight is 374 g/mol. The van der Waals surface area contributed by atoms with Gasteiger partial charge in [-0.1, -0.05) is 13.8 Å². The second-order valence-corrected chi connectivity index (χ2v) is 7.31. The molecule has 2 aromatic rings. The van der Waals surface area contributed by atoms with Crippen LogP contribution in [0, 0.1) is 11.7 Å². The number of aromatic amines is 1. The van der Waals surface area contributed by atoms with Gasteiger partial charge in [-0.3, -0.25) is 14.8 Å². The number of halogens is 1. The SMILES string of the molecule is CC(C)CC(CNC(=O)c1cn[nH]c1-c1ccc(F)cc1)N1CCOCC1. The van der Waals surface area contributed by atoms with Crippen molar-refractivity contribution in [1.82, 2.24) is 20.4 Å². The Morgan fingerprint density at radius 3 is 2.67 bits per heavy atom. The molecule has 1 aromatic carbocycles. The van der Waals surface area contributed by atoms with Gasteiger partial charge >= 0.3 is 0 Å². The number of carbonyl (C=O) groups excluding carboxylic acids is 1. The van der Waals surface area contributed by atoms with Crippen molar-refractivity contribution in [3.63, 3.8) is 0 Å². The molecule has 2 N–H and O–H groups in total. The summed E-state index contributed by atoms with van der Waals surface area (Å²) in [7, 11) is 0. The van der Waals surface area contributed by atoms with E-state index in [1.807, 2.05) is 0 Å². The predicted molar refractivity (Wildman–Crippen MR) is 102 cm³/mol. The number of benzene rings is 1. The van der Waals surface area contributed by atoms with E-state index in [-0.39, 0.29) is 17.8 Å². The van der Waals surface area contributed by atoms with E-state index in [1.54, 1.807) is 12.1 Å². The third-order valence-corrected chi connectivity index (χ3v) is 4.82. The molecular weight excluding hydrogens is 347 g/mol. The second-order valence-electron chi connectivity index (χ2n) is 7.31. The number of nitrogens with zero attached hydrogens (tertiary/aromatic N) is 2. The number of carbonyl (C=O) groups is 1. The molecule has 1 atom stereocenters. The first-order valence-corrected chi connectivity index (χ1v) is 9.44. The van der Waals surface area contributed by atoms with E-state index >= 15 is 0 Å². The molecule has 2 heterocycles. The summed E-state index contributed by atoms with van der Waals surface area (Å²) in [5, 5.41) is 9.90. The molecule has 7 heteroatoms. The molecule has 0 saturated carbocycles. The van der Waals surface area contributed by atoms with Gasteiger partial charge in [-0.25, -0.2) is 4.39 Å². The molecule has 0 radical (unpaired) electrons. The zero-order valence-corrected chi connectivity index (χ0v) is 15.9. The summed E-state index contributed by atoms with van der Waals surface area (Å²) >= 11 is 0. The fraction of sp³-hybridized carbons (Fsp3) is 0.500. The Morgan fingerprint density at radius 1 is 1.30 bits per heavy atom. The highest BCUT2D eigenvalue weighted by Gasteiger charge is 2.23. The maximum atomic E-state index is 13.2. The van der Waals surface area contributed by atoms with Crippen LogP contribution in [0.2, 0.25) is 0 Å². The molecule has 1 unspecified atom stereocenters. The molecule has 1 saturated heterocycles. The number of ether oxygens (including phenoxy) is 1. The maximum Gasteiger partial charge on any atom is 0.255 e. The third-order valence-electron chi connectivity index (χ3n) is 4.82. The topological polar surface area (TPSA) is 70.2 Å². The standard InChI is InChI=1S/C20H27FN4O2/c1-14(2)11-17(25-7-9-27-10-8-25)12-22-20(26)18-13-23-24-19(18)15-3-5-16(21)6-4-15/h3-6,13-14,17H,7-12H2,1-2H3,(H,22,26)(H,23,24). The summed E-state index contributed by atoms with van der Waals surface area (Å²) in [4.78, 5) is 15.1. The number of hydrogen-bond donors (Lipinski definition) is 2. The molecule has 27 heavy (non-hydrogen) atoms. The lowest BCUT2D eigenvalue weighted by atomic mass is 10.0. The van der Waals surface area contributed by atoms with Gasteiger partial charge in [0.1, 0.15) is 5.82 Å². The normalized spacial score (nSPS) is 16.4. The van der Waals surface area contributed by atoms with Crippen LogP contribution >= 0.6 is 0 Å². The molecule has 1 aliphatic heterocycles. The lowest BCUT2D eigenvalue weighted by molar-refractivity contribution is 0.0124. The van der Waals surface area contributed by atoms with Crippen LogP contribution in [-0.2, 0) is 4.74 Å². The number of hydrogen-bond acceptors (Lipinski definition) is 4. The van der Waals surface area contributed by atoms with Crippen molar-refractivity contribution < 1.29 is 13.9 Å². The Labute approximate surface area is 159 Å². The van der Waals surface area contributed by atoms with E-state index in [0.29, 0.717) is 23.7 Å². The summed E-state index contributed by atoms with van der Waals surface area (Å²) < 4.78 is 18.6. The summed E-state index contributed by atoms with van der Waals surface area (Å²) in [6, 6.07) is 6.28. The van der Waals surface area contributed by atoms with Crippen LogP contribution in [0.4, 0.5) is 4.39 Å². The van der Waals surface area contributed by atoms with Gasteiger partial charge in [-0.15, -0.1) is 0 Å². The molecule has 3 rings (SSSR count). The van der Waals surface area contributed by atoms with Gasteiger partial charge in [0.15, 0.2) is 0 Å². The lowest BCUT2D eigenvalue weighted by Gasteiger charge is -2.35. The number of nitrogens with one attached hydrogen (secondary N) is 2. The average Bonchev–Trinajstić information content (AvgIpc) is 3.16. The predicted octanol–water partition coefficient (Wildman–Crippen LogP) is 2.69. The Morgan fingerprint density at radius 2 is 2.00 bits per heavy atom. The van der Waals surface area contributed by atoms with Crippen LogP contribution < -0.4 is 5.32 Å². The van der Waals surface area contributed by atoms with Gasteiger partial charge < -0.3 is 10.1 Å². The second kappa shape index (κ2) is 9.10. The zero-order valence-electron chi connectivity index (χ0n) is 15.9. The van der Waals surface area contributed by atoms with E-state index in [0.717, 1.165) is 38.3 Å². The van der Waals surface area contributed by atoms with E-state index in [1.165, 1.54) is 18.3 Å². The molecule has 1 amide bonds. The largest absolute Gasteiger partial charge is 0.379 e. The highest BCUT2D eigenvalue weighted by atomic mass is 19.1. The highest BCUT2D eigenvalue weighted by Crippen LogP contribution is 2.21. The monoisotopic (exact) mass is 374 g/mol. The van der Waals surface area contributed by atoms with Crippen LogP contribution in [-0.4, -0.2) is 59.9 Å². The van der Waals surface area contributed by atoms with Crippen molar-refractivity contribution in [2.75, 3.05) is 32.8 Å². The van der Waals surface area contributed by atoms with Crippen molar-refractivity contribution >= 4 is 5.91 Å². The molecule has 6 nitrogen and oxygen atoms in total. The van der Waals surface area contributed by atoms with E-state index in [9.17, 15) is 9.18 Å². The van der Waals surface area contributed by atoms with E-state index in [4.69, 9.17) is 4.74 Å². The lowest BCUT2D eigenvalue weighted by Crippen LogP contribution is -2.49. The first kappa shape index (κ1) is 19.5. The highest BCUT2D eigenvalue weighted by molar-refractivity contribution is 5.99. The molecule has 1 aromatic heterocycles. The van der Waals surface area contributed by atoms with E-state index in [2.05, 4.69) is 34.3 Å². The van der Waals surface area contributed by atoms with Crippen LogP contribution in [0.3, 0.4) is 0 Å². The molecule has 0 bridgehead atoms. The van der Waals surface area contributed by atoms with Gasteiger partial charge in [0.25, 0.3) is 5.91 Å². The summed E-state index contributed by atoms with van der Waals surface area (Å²) in [6.07, 6.45) is 2.52. The molecule has 1 aliphatic rings. The first-order chi connectivity index (χ1) is 13.0. The Bertz CT molecular complexity index is 739. The fourth-order valence-electron chi connectivity index (χ4n) is 3.45. The fourth-order valence-corrected chi connectivity index (χ4v) is 3.45. The van der Waals surface area contributed by atoms with Crippen LogP contribution in [0.1, 0.15) is 30.6 Å². The quantitative estimate of drug-likeness (QED) is 0.782.